The first-order valence-corrected chi connectivity index (χ1v) is 8.66. The van der Waals surface area contributed by atoms with Crippen molar-refractivity contribution in [2.24, 2.45) is 0 Å². The lowest BCUT2D eigenvalue weighted by Crippen LogP contribution is -2.14. The number of esters is 1. The number of rotatable bonds is 5. The van der Waals surface area contributed by atoms with Crippen molar-refractivity contribution in [1.29, 1.82) is 0 Å². The minimum Gasteiger partial charge on any atom is -0.453 e. The second kappa shape index (κ2) is 7.40. The molecule has 126 valence electrons. The second-order valence-corrected chi connectivity index (χ2v) is 6.66. The lowest BCUT2D eigenvalue weighted by molar-refractivity contribution is 0.0478. The summed E-state index contributed by atoms with van der Waals surface area (Å²) in [5.41, 5.74) is 3.16. The van der Waals surface area contributed by atoms with Crippen LogP contribution in [-0.2, 0) is 4.74 Å². The van der Waals surface area contributed by atoms with Gasteiger partial charge in [0.25, 0.3) is 0 Å². The highest BCUT2D eigenvalue weighted by Crippen LogP contribution is 2.28. The fourth-order valence-corrected chi connectivity index (χ4v) is 3.27. The number of thiazole rings is 1. The first-order chi connectivity index (χ1) is 12.0. The van der Waals surface area contributed by atoms with Crippen LogP contribution in [0.2, 0.25) is 0 Å². The highest BCUT2D eigenvalue weighted by atomic mass is 32.1. The largest absolute Gasteiger partial charge is 0.453 e. The Bertz CT molecular complexity index is 898. The maximum atomic E-state index is 12.3. The van der Waals surface area contributed by atoms with Gasteiger partial charge in [0.15, 0.2) is 12.4 Å². The molecule has 0 amide bonds. The number of carbonyl (C=O) groups excluding carboxylic acids is 2. The number of hydrogen-bond acceptors (Lipinski definition) is 5. The topological polar surface area (TPSA) is 56.3 Å². The summed E-state index contributed by atoms with van der Waals surface area (Å²) in [5.74, 6) is -0.739. The van der Waals surface area contributed by atoms with Gasteiger partial charge in [0, 0.05) is 11.1 Å². The van der Waals surface area contributed by atoms with Crippen LogP contribution in [0, 0.1) is 13.8 Å². The predicted molar refractivity (Wildman–Crippen MR) is 98.1 cm³/mol. The summed E-state index contributed by atoms with van der Waals surface area (Å²) < 4.78 is 5.19. The maximum absolute atomic E-state index is 12.3. The highest BCUT2D eigenvalue weighted by Gasteiger charge is 2.19. The zero-order chi connectivity index (χ0) is 17.8. The highest BCUT2D eigenvalue weighted by molar-refractivity contribution is 7.17. The molecule has 0 radical (unpaired) electrons. The fourth-order valence-electron chi connectivity index (χ4n) is 2.31. The molecule has 0 N–H and O–H groups in total. The quantitative estimate of drug-likeness (QED) is 0.503. The van der Waals surface area contributed by atoms with Crippen molar-refractivity contribution in [3.8, 4) is 10.6 Å². The summed E-state index contributed by atoms with van der Waals surface area (Å²) in [6.45, 7) is 3.44. The molecule has 0 saturated heterocycles. The number of Topliss-reactive ketones (excluding diaryl/α,β-unsaturated/α-hetero) is 1. The molecule has 25 heavy (non-hydrogen) atoms. The van der Waals surface area contributed by atoms with Crippen LogP contribution in [0.3, 0.4) is 0 Å². The predicted octanol–water partition coefficient (Wildman–Crippen LogP) is 4.47. The molecule has 5 heteroatoms. The molecule has 4 nitrogen and oxygen atoms in total. The van der Waals surface area contributed by atoms with Crippen molar-refractivity contribution in [3.05, 3.63) is 76.3 Å². The summed E-state index contributed by atoms with van der Waals surface area (Å²) in [6, 6.07) is 16.8. The third kappa shape index (κ3) is 4.00. The number of aryl methyl sites for hydroxylation is 2. The van der Waals surface area contributed by atoms with E-state index in [0.717, 1.165) is 16.1 Å². The van der Waals surface area contributed by atoms with Gasteiger partial charge in [-0.1, -0.05) is 60.2 Å². The number of benzene rings is 2. The molecule has 0 fully saturated rings. The molecule has 1 aromatic heterocycles. The molecule has 0 aliphatic rings. The zero-order valence-electron chi connectivity index (χ0n) is 14.0. The van der Waals surface area contributed by atoms with Crippen LogP contribution in [0.25, 0.3) is 10.6 Å². The van der Waals surface area contributed by atoms with E-state index in [2.05, 4.69) is 4.98 Å². The van der Waals surface area contributed by atoms with Crippen molar-refractivity contribution in [2.75, 3.05) is 6.61 Å². The van der Waals surface area contributed by atoms with Crippen molar-refractivity contribution < 1.29 is 14.3 Å². The molecule has 2 aromatic carbocycles. The molecular formula is C20H17NO3S. The Labute approximate surface area is 150 Å². The van der Waals surface area contributed by atoms with Gasteiger partial charge in [0.1, 0.15) is 9.88 Å². The van der Waals surface area contributed by atoms with E-state index in [4.69, 9.17) is 4.74 Å². The average molecular weight is 351 g/mol. The first kappa shape index (κ1) is 17.0. The molecule has 0 saturated carbocycles. The van der Waals surface area contributed by atoms with E-state index in [1.54, 1.807) is 19.1 Å². The van der Waals surface area contributed by atoms with E-state index < -0.39 is 5.97 Å². The van der Waals surface area contributed by atoms with Crippen LogP contribution in [0.4, 0.5) is 0 Å². The van der Waals surface area contributed by atoms with E-state index in [1.807, 2.05) is 49.4 Å². The smallest absolute Gasteiger partial charge is 0.350 e. The molecule has 3 rings (SSSR count). The standard InChI is InChI=1S/C20H17NO3S/c1-13-8-10-15(11-9-13)17(22)12-24-20(23)18-14(2)21-19(25-18)16-6-4-3-5-7-16/h3-11H,12H2,1-2H3. The van der Waals surface area contributed by atoms with E-state index in [1.165, 1.54) is 11.3 Å². The van der Waals surface area contributed by atoms with Gasteiger partial charge in [0.2, 0.25) is 0 Å². The summed E-state index contributed by atoms with van der Waals surface area (Å²) in [6.07, 6.45) is 0. The van der Waals surface area contributed by atoms with Gasteiger partial charge >= 0.3 is 5.97 Å². The SMILES string of the molecule is Cc1ccc(C(=O)COC(=O)c2sc(-c3ccccc3)nc2C)cc1. The van der Waals surface area contributed by atoms with E-state index in [9.17, 15) is 9.59 Å². The molecule has 1 heterocycles. The molecule has 0 unspecified atom stereocenters. The molecule has 0 spiro atoms. The van der Waals surface area contributed by atoms with Crippen molar-refractivity contribution >= 4 is 23.1 Å². The van der Waals surface area contributed by atoms with Crippen LogP contribution in [-0.4, -0.2) is 23.3 Å². The molecule has 3 aromatic rings. The number of ketones is 1. The van der Waals surface area contributed by atoms with Crippen LogP contribution < -0.4 is 0 Å². The van der Waals surface area contributed by atoms with Gasteiger partial charge < -0.3 is 4.74 Å². The van der Waals surface area contributed by atoms with E-state index in [0.29, 0.717) is 16.1 Å². The first-order valence-electron chi connectivity index (χ1n) is 7.84. The summed E-state index contributed by atoms with van der Waals surface area (Å²) in [5, 5.41) is 0.759. The van der Waals surface area contributed by atoms with E-state index in [-0.39, 0.29) is 12.4 Å². The number of aromatic nitrogens is 1. The number of ether oxygens (including phenoxy) is 1. The monoisotopic (exact) mass is 351 g/mol. The Kier molecular flexibility index (Phi) is 5.05. The second-order valence-electron chi connectivity index (χ2n) is 5.66. The van der Waals surface area contributed by atoms with Crippen molar-refractivity contribution in [3.63, 3.8) is 0 Å². The maximum Gasteiger partial charge on any atom is 0.350 e. The summed E-state index contributed by atoms with van der Waals surface area (Å²) in [4.78, 5) is 29.3. The molecular weight excluding hydrogens is 334 g/mol. The number of hydrogen-bond donors (Lipinski definition) is 0. The van der Waals surface area contributed by atoms with Crippen LogP contribution in [0.15, 0.2) is 54.6 Å². The average Bonchev–Trinajstić information content (AvgIpc) is 3.02. The normalized spacial score (nSPS) is 10.5. The summed E-state index contributed by atoms with van der Waals surface area (Å²) >= 11 is 1.27. The molecule has 0 aliphatic carbocycles. The van der Waals surface area contributed by atoms with E-state index >= 15 is 0 Å². The Morgan fingerprint density at radius 3 is 2.36 bits per heavy atom. The van der Waals surface area contributed by atoms with Crippen LogP contribution in [0.5, 0.6) is 0 Å². The molecule has 0 aliphatic heterocycles. The fraction of sp³-hybridized carbons (Fsp3) is 0.150. The van der Waals surface area contributed by atoms with Gasteiger partial charge in [-0.25, -0.2) is 9.78 Å². The zero-order valence-corrected chi connectivity index (χ0v) is 14.8. The Morgan fingerprint density at radius 1 is 1.00 bits per heavy atom. The minimum atomic E-state index is -0.516. The molecule has 0 atom stereocenters. The van der Waals surface area contributed by atoms with Gasteiger partial charge in [-0.05, 0) is 13.8 Å². The number of carbonyl (C=O) groups is 2. The van der Waals surface area contributed by atoms with Crippen LogP contribution >= 0.6 is 11.3 Å². The van der Waals surface area contributed by atoms with Crippen molar-refractivity contribution in [1.82, 2.24) is 4.98 Å². The van der Waals surface area contributed by atoms with Gasteiger partial charge in [-0.3, -0.25) is 4.79 Å². The molecule has 0 bridgehead atoms. The summed E-state index contributed by atoms with van der Waals surface area (Å²) in [7, 11) is 0. The van der Waals surface area contributed by atoms with Gasteiger partial charge in [0.05, 0.1) is 5.69 Å². The Hall–Kier alpha value is -2.79. The lowest BCUT2D eigenvalue weighted by Gasteiger charge is -2.03. The van der Waals surface area contributed by atoms with Crippen LogP contribution in [0.1, 0.15) is 31.3 Å². The minimum absolute atomic E-state index is 0.223. The third-order valence-electron chi connectivity index (χ3n) is 3.71. The van der Waals surface area contributed by atoms with Gasteiger partial charge in [-0.15, -0.1) is 11.3 Å². The number of nitrogens with zero attached hydrogens (tertiary/aromatic N) is 1. The Morgan fingerprint density at radius 2 is 1.68 bits per heavy atom. The van der Waals surface area contributed by atoms with Crippen molar-refractivity contribution in [2.45, 2.75) is 13.8 Å². The third-order valence-corrected chi connectivity index (χ3v) is 4.90. The lowest BCUT2D eigenvalue weighted by atomic mass is 10.1. The van der Waals surface area contributed by atoms with Gasteiger partial charge in [-0.2, -0.15) is 0 Å². The Balaban J connectivity index is 1.68.